The van der Waals surface area contributed by atoms with Crippen LogP contribution in [0.1, 0.15) is 5.56 Å². The molecule has 1 aromatic carbocycles. The predicted molar refractivity (Wildman–Crippen MR) is 101 cm³/mol. The van der Waals surface area contributed by atoms with E-state index in [1.165, 1.54) is 21.3 Å². The Labute approximate surface area is 151 Å². The molecular weight excluding hydrogens is 354 g/mol. The first-order chi connectivity index (χ1) is 12.2. The Balaban J connectivity index is 1.93. The Morgan fingerprint density at radius 3 is 2.50 bits per heavy atom. The third-order valence-corrected chi connectivity index (χ3v) is 5.70. The van der Waals surface area contributed by atoms with Crippen LogP contribution in [0, 0.1) is 0 Å². The van der Waals surface area contributed by atoms with Gasteiger partial charge in [-0.3, -0.25) is 9.13 Å². The van der Waals surface area contributed by atoms with E-state index in [0.717, 1.165) is 5.56 Å². The Morgan fingerprint density at radius 2 is 1.81 bits per heavy atom. The van der Waals surface area contributed by atoms with Crippen molar-refractivity contribution in [3.05, 3.63) is 52.6 Å². The quantitative estimate of drug-likeness (QED) is 0.713. The van der Waals surface area contributed by atoms with Crippen LogP contribution in [0.3, 0.4) is 0 Å². The highest BCUT2D eigenvalue weighted by Crippen LogP contribution is 2.19. The molecule has 1 N–H and O–H groups in total. The van der Waals surface area contributed by atoms with Gasteiger partial charge in [0.2, 0.25) is 10.0 Å². The Kier molecular flexibility index (Phi) is 4.59. The molecule has 0 aliphatic heterocycles. The maximum Gasteiger partial charge on any atom is 0.328 e. The Morgan fingerprint density at radius 1 is 1.12 bits per heavy atom. The molecule has 0 amide bonds. The molecule has 0 saturated carbocycles. The van der Waals surface area contributed by atoms with Gasteiger partial charge in [-0.15, -0.1) is 0 Å². The van der Waals surface area contributed by atoms with Crippen LogP contribution < -0.4 is 15.3 Å². The first-order valence-corrected chi connectivity index (χ1v) is 9.47. The van der Waals surface area contributed by atoms with Gasteiger partial charge in [-0.2, -0.15) is 0 Å². The van der Waals surface area contributed by atoms with Gasteiger partial charge in [0.15, 0.2) is 0 Å². The predicted octanol–water partition coefficient (Wildman–Crippen LogP) is 0.816. The largest absolute Gasteiger partial charge is 0.362 e. The first kappa shape index (κ1) is 18.2. The van der Waals surface area contributed by atoms with Gasteiger partial charge in [0.25, 0.3) is 0 Å². The van der Waals surface area contributed by atoms with Crippen molar-refractivity contribution in [1.82, 2.24) is 18.8 Å². The Bertz CT molecular complexity index is 1130. The molecule has 3 rings (SSSR count). The van der Waals surface area contributed by atoms with E-state index in [0.29, 0.717) is 16.9 Å². The summed E-state index contributed by atoms with van der Waals surface area (Å²) in [7, 11) is 3.24. The third kappa shape index (κ3) is 3.11. The van der Waals surface area contributed by atoms with Crippen molar-refractivity contribution in [2.45, 2.75) is 11.4 Å². The summed E-state index contributed by atoms with van der Waals surface area (Å²) >= 11 is 0. The zero-order valence-electron chi connectivity index (χ0n) is 15.1. The summed E-state index contributed by atoms with van der Waals surface area (Å²) in [4.78, 5) is 18.2. The summed E-state index contributed by atoms with van der Waals surface area (Å²) in [6.07, 6.45) is 1.66. The van der Waals surface area contributed by atoms with Crippen LogP contribution in [0.2, 0.25) is 0 Å². The minimum absolute atomic E-state index is 0.112. The monoisotopic (exact) mass is 375 g/mol. The SMILES string of the molecule is CN(C)c1ncccc1CNS(=O)(=O)c1ccc2c(c1)n(C)c(=O)n2C. The highest BCUT2D eigenvalue weighted by molar-refractivity contribution is 7.89. The molecule has 0 spiro atoms. The number of pyridine rings is 1. The minimum atomic E-state index is -3.73. The van der Waals surface area contributed by atoms with Gasteiger partial charge in [-0.1, -0.05) is 6.07 Å². The van der Waals surface area contributed by atoms with Crippen LogP contribution in [0.5, 0.6) is 0 Å². The summed E-state index contributed by atoms with van der Waals surface area (Å²) in [6, 6.07) is 8.24. The topological polar surface area (TPSA) is 89.2 Å². The van der Waals surface area contributed by atoms with Crippen LogP contribution >= 0.6 is 0 Å². The molecule has 26 heavy (non-hydrogen) atoms. The van der Waals surface area contributed by atoms with Crippen molar-refractivity contribution in [1.29, 1.82) is 0 Å². The number of aryl methyl sites for hydroxylation is 2. The minimum Gasteiger partial charge on any atom is -0.362 e. The van der Waals surface area contributed by atoms with Crippen molar-refractivity contribution in [3.8, 4) is 0 Å². The van der Waals surface area contributed by atoms with Crippen LogP contribution in [-0.2, 0) is 30.7 Å². The molecule has 0 bridgehead atoms. The number of rotatable bonds is 5. The molecule has 0 fully saturated rings. The van der Waals surface area contributed by atoms with E-state index in [1.54, 1.807) is 32.4 Å². The molecule has 2 heterocycles. The fourth-order valence-corrected chi connectivity index (χ4v) is 3.91. The van der Waals surface area contributed by atoms with Gasteiger partial charge in [0.1, 0.15) is 5.82 Å². The van der Waals surface area contributed by atoms with Crippen molar-refractivity contribution < 1.29 is 8.42 Å². The average molecular weight is 375 g/mol. The molecule has 0 aliphatic carbocycles. The van der Waals surface area contributed by atoms with Crippen LogP contribution in [-0.4, -0.2) is 36.6 Å². The number of imidazole rings is 1. The number of anilines is 1. The molecule has 138 valence electrons. The van der Waals surface area contributed by atoms with Gasteiger partial charge >= 0.3 is 5.69 Å². The lowest BCUT2D eigenvalue weighted by Crippen LogP contribution is -2.25. The summed E-state index contributed by atoms with van der Waals surface area (Å²) in [5.74, 6) is 0.705. The molecule has 0 atom stereocenters. The van der Waals surface area contributed by atoms with E-state index in [9.17, 15) is 13.2 Å². The molecule has 8 nitrogen and oxygen atoms in total. The normalized spacial score (nSPS) is 11.8. The van der Waals surface area contributed by atoms with Gasteiger partial charge in [-0.25, -0.2) is 22.9 Å². The van der Waals surface area contributed by atoms with Crippen LogP contribution in [0.4, 0.5) is 5.82 Å². The van der Waals surface area contributed by atoms with Gasteiger partial charge in [0.05, 0.1) is 15.9 Å². The summed E-state index contributed by atoms with van der Waals surface area (Å²) < 4.78 is 30.9. The molecule has 0 aliphatic rings. The van der Waals surface area contributed by atoms with Crippen LogP contribution in [0.15, 0.2) is 46.2 Å². The number of benzene rings is 1. The van der Waals surface area contributed by atoms with Gasteiger partial charge in [0, 0.05) is 46.5 Å². The van der Waals surface area contributed by atoms with Gasteiger partial charge < -0.3 is 4.90 Å². The molecule has 2 aromatic heterocycles. The fraction of sp³-hybridized carbons (Fsp3) is 0.294. The Hall–Kier alpha value is -2.65. The van der Waals surface area contributed by atoms with Gasteiger partial charge in [-0.05, 0) is 24.3 Å². The van der Waals surface area contributed by atoms with Crippen molar-refractivity contribution in [2.75, 3.05) is 19.0 Å². The first-order valence-electron chi connectivity index (χ1n) is 7.98. The average Bonchev–Trinajstić information content (AvgIpc) is 2.84. The molecule has 3 aromatic rings. The summed E-state index contributed by atoms with van der Waals surface area (Å²) in [6.45, 7) is 0.120. The smallest absolute Gasteiger partial charge is 0.328 e. The lowest BCUT2D eigenvalue weighted by atomic mass is 10.2. The van der Waals surface area contributed by atoms with E-state index in [4.69, 9.17) is 0 Å². The highest BCUT2D eigenvalue weighted by Gasteiger charge is 2.18. The zero-order valence-corrected chi connectivity index (χ0v) is 15.9. The number of sulfonamides is 1. The number of fused-ring (bicyclic) bond motifs is 1. The van der Waals surface area contributed by atoms with E-state index in [1.807, 2.05) is 25.1 Å². The summed E-state index contributed by atoms with van der Waals surface area (Å²) in [5.41, 5.74) is 1.82. The lowest BCUT2D eigenvalue weighted by molar-refractivity contribution is 0.581. The second-order valence-corrected chi connectivity index (χ2v) is 8.02. The molecular formula is C17H21N5O3S. The van der Waals surface area contributed by atoms with Crippen LogP contribution in [0.25, 0.3) is 11.0 Å². The van der Waals surface area contributed by atoms with E-state index in [2.05, 4.69) is 9.71 Å². The van der Waals surface area contributed by atoms with Crippen molar-refractivity contribution >= 4 is 26.9 Å². The number of hydrogen-bond acceptors (Lipinski definition) is 5. The zero-order chi connectivity index (χ0) is 19.1. The van der Waals surface area contributed by atoms with Crippen molar-refractivity contribution in [2.24, 2.45) is 14.1 Å². The second-order valence-electron chi connectivity index (χ2n) is 6.26. The molecule has 0 radical (unpaired) electrons. The molecule has 0 saturated heterocycles. The number of aromatic nitrogens is 3. The fourth-order valence-electron chi connectivity index (χ4n) is 2.88. The second kappa shape index (κ2) is 6.58. The number of nitrogens with one attached hydrogen (secondary N) is 1. The van der Waals surface area contributed by atoms with E-state index < -0.39 is 10.0 Å². The molecule has 9 heteroatoms. The maximum absolute atomic E-state index is 12.7. The third-order valence-electron chi connectivity index (χ3n) is 4.30. The maximum atomic E-state index is 12.7. The highest BCUT2D eigenvalue weighted by atomic mass is 32.2. The van der Waals surface area contributed by atoms with E-state index in [-0.39, 0.29) is 17.1 Å². The standard InChI is InChI=1S/C17H21N5O3S/c1-20(2)16-12(6-5-9-18-16)11-19-26(24,25)13-7-8-14-15(10-13)22(4)17(23)21(14)3/h5-10,19H,11H2,1-4H3. The number of nitrogens with zero attached hydrogens (tertiary/aromatic N) is 4. The molecule has 0 unspecified atom stereocenters. The summed E-state index contributed by atoms with van der Waals surface area (Å²) in [5, 5.41) is 0. The van der Waals surface area contributed by atoms with Crippen molar-refractivity contribution in [3.63, 3.8) is 0 Å². The number of hydrogen-bond donors (Lipinski definition) is 1. The van der Waals surface area contributed by atoms with E-state index >= 15 is 0 Å². The lowest BCUT2D eigenvalue weighted by Gasteiger charge is -2.16.